The number of nitrogens with zero attached hydrogens (tertiary/aromatic N) is 3. The molecular weight excluding hydrogens is 396 g/mol. The van der Waals surface area contributed by atoms with E-state index in [1.165, 1.54) is 23.1 Å². The number of carbonyl (C=O) groups excluding carboxylic acids is 1. The van der Waals surface area contributed by atoms with Crippen molar-refractivity contribution in [3.05, 3.63) is 51.6 Å². The predicted octanol–water partition coefficient (Wildman–Crippen LogP) is 3.10. The van der Waals surface area contributed by atoms with Gasteiger partial charge < -0.3 is 10.1 Å². The fourth-order valence-electron chi connectivity index (χ4n) is 2.61. The number of hydrogen-bond donors (Lipinski definition) is 1. The molecule has 3 rings (SSSR count). The van der Waals surface area contributed by atoms with Gasteiger partial charge in [-0.25, -0.2) is 4.98 Å². The van der Waals surface area contributed by atoms with Crippen LogP contribution in [0.1, 0.15) is 12.0 Å². The highest BCUT2D eigenvalue weighted by molar-refractivity contribution is 7.99. The van der Waals surface area contributed by atoms with Crippen molar-refractivity contribution in [2.24, 2.45) is 0 Å². The van der Waals surface area contributed by atoms with Crippen molar-refractivity contribution in [2.45, 2.75) is 18.1 Å². The molecule has 0 aliphatic rings. The van der Waals surface area contributed by atoms with E-state index in [0.29, 0.717) is 46.2 Å². The number of nitriles is 1. The number of methoxy groups -OCH3 is 1. The van der Waals surface area contributed by atoms with E-state index in [1.807, 2.05) is 12.1 Å². The van der Waals surface area contributed by atoms with Crippen LogP contribution >= 0.6 is 23.1 Å². The van der Waals surface area contributed by atoms with Gasteiger partial charge in [0.05, 0.1) is 22.2 Å². The summed E-state index contributed by atoms with van der Waals surface area (Å²) in [5, 5.41) is 15.1. The molecule has 0 bridgehead atoms. The zero-order valence-electron chi connectivity index (χ0n) is 15.2. The Labute approximate surface area is 170 Å². The Morgan fingerprint density at radius 3 is 3.00 bits per heavy atom. The number of rotatable bonds is 8. The molecule has 0 spiro atoms. The number of amides is 1. The smallest absolute Gasteiger partial charge is 0.262 e. The normalized spacial score (nSPS) is 10.7. The van der Waals surface area contributed by atoms with Crippen LogP contribution in [0.4, 0.5) is 5.00 Å². The van der Waals surface area contributed by atoms with Gasteiger partial charge in [0.25, 0.3) is 5.56 Å². The molecule has 0 saturated carbocycles. The van der Waals surface area contributed by atoms with Crippen molar-refractivity contribution in [3.63, 3.8) is 0 Å². The minimum absolute atomic E-state index is 0.0812. The van der Waals surface area contributed by atoms with Crippen LogP contribution in [-0.4, -0.2) is 34.9 Å². The third-order valence-corrected chi connectivity index (χ3v) is 5.73. The Hall–Kier alpha value is -2.67. The maximum atomic E-state index is 12.9. The van der Waals surface area contributed by atoms with E-state index >= 15 is 0 Å². The first-order valence-corrected chi connectivity index (χ1v) is 10.4. The van der Waals surface area contributed by atoms with E-state index in [2.05, 4.69) is 10.3 Å². The summed E-state index contributed by atoms with van der Waals surface area (Å²) in [6.07, 6.45) is 0.664. The number of thiophene rings is 1. The maximum Gasteiger partial charge on any atom is 0.262 e. The molecule has 2 aromatic heterocycles. The second-order valence-electron chi connectivity index (χ2n) is 5.83. The van der Waals surface area contributed by atoms with Gasteiger partial charge in [-0.3, -0.25) is 14.2 Å². The lowest BCUT2D eigenvalue weighted by Gasteiger charge is -2.13. The molecule has 0 fully saturated rings. The monoisotopic (exact) mass is 414 g/mol. The molecule has 0 atom stereocenters. The summed E-state index contributed by atoms with van der Waals surface area (Å²) < 4.78 is 6.67. The number of nitrogens with one attached hydrogen (secondary N) is 1. The van der Waals surface area contributed by atoms with Crippen molar-refractivity contribution in [3.8, 4) is 6.07 Å². The maximum absolute atomic E-state index is 12.9. The Balaban J connectivity index is 1.80. The van der Waals surface area contributed by atoms with Gasteiger partial charge >= 0.3 is 0 Å². The lowest BCUT2D eigenvalue weighted by molar-refractivity contribution is -0.113. The fourth-order valence-corrected chi connectivity index (χ4v) is 4.19. The number of thioether (sulfide) groups is 1. The van der Waals surface area contributed by atoms with Crippen molar-refractivity contribution in [2.75, 3.05) is 24.8 Å². The number of para-hydroxylation sites is 1. The van der Waals surface area contributed by atoms with Crippen LogP contribution in [0.25, 0.3) is 10.9 Å². The number of ether oxygens (including phenoxy) is 1. The molecule has 1 N–H and O–H groups in total. The molecule has 28 heavy (non-hydrogen) atoms. The number of aromatic nitrogens is 2. The van der Waals surface area contributed by atoms with Crippen LogP contribution in [0.15, 0.2) is 45.7 Å². The summed E-state index contributed by atoms with van der Waals surface area (Å²) in [5.41, 5.74) is 0.904. The summed E-state index contributed by atoms with van der Waals surface area (Å²) in [7, 11) is 1.61. The van der Waals surface area contributed by atoms with Crippen LogP contribution < -0.4 is 10.9 Å². The first-order chi connectivity index (χ1) is 13.6. The predicted molar refractivity (Wildman–Crippen MR) is 111 cm³/mol. The molecule has 9 heteroatoms. The number of hydrogen-bond acceptors (Lipinski definition) is 7. The number of carbonyl (C=O) groups is 1. The van der Waals surface area contributed by atoms with Crippen LogP contribution in [-0.2, 0) is 16.1 Å². The minimum Gasteiger partial charge on any atom is -0.385 e. The van der Waals surface area contributed by atoms with Gasteiger partial charge in [0.1, 0.15) is 11.1 Å². The van der Waals surface area contributed by atoms with Gasteiger partial charge in [-0.2, -0.15) is 5.26 Å². The summed E-state index contributed by atoms with van der Waals surface area (Å²) in [5.74, 6) is -0.174. The van der Waals surface area contributed by atoms with Gasteiger partial charge in [0.2, 0.25) is 5.91 Å². The van der Waals surface area contributed by atoms with Crippen LogP contribution in [0, 0.1) is 11.3 Å². The summed E-state index contributed by atoms with van der Waals surface area (Å²) >= 11 is 2.49. The van der Waals surface area contributed by atoms with Crippen molar-refractivity contribution >= 4 is 44.9 Å². The lowest BCUT2D eigenvalue weighted by atomic mass is 10.2. The van der Waals surface area contributed by atoms with Crippen LogP contribution in [0.5, 0.6) is 0 Å². The molecule has 7 nitrogen and oxygen atoms in total. The van der Waals surface area contributed by atoms with Crippen molar-refractivity contribution in [1.29, 1.82) is 5.26 Å². The van der Waals surface area contributed by atoms with Crippen LogP contribution in [0.3, 0.4) is 0 Å². The third kappa shape index (κ3) is 4.59. The van der Waals surface area contributed by atoms with E-state index in [1.54, 1.807) is 41.3 Å². The molecule has 0 aliphatic carbocycles. The van der Waals surface area contributed by atoms with E-state index in [-0.39, 0.29) is 17.2 Å². The van der Waals surface area contributed by atoms with Gasteiger partial charge in [-0.05, 0) is 30.0 Å². The SMILES string of the molecule is COCCCn1c(SCC(=O)Nc2sccc2C#N)nc2ccccc2c1=O. The quantitative estimate of drug-likeness (QED) is 0.346. The lowest BCUT2D eigenvalue weighted by Crippen LogP contribution is -2.25. The van der Waals surface area contributed by atoms with Gasteiger partial charge in [-0.1, -0.05) is 23.9 Å². The molecule has 3 aromatic rings. The molecule has 0 saturated heterocycles. The molecule has 0 aliphatic heterocycles. The molecule has 0 radical (unpaired) electrons. The van der Waals surface area contributed by atoms with Crippen molar-refractivity contribution < 1.29 is 9.53 Å². The fraction of sp³-hybridized carbons (Fsp3) is 0.263. The summed E-state index contributed by atoms with van der Waals surface area (Å²) in [6.45, 7) is 0.983. The third-order valence-electron chi connectivity index (χ3n) is 3.93. The van der Waals surface area contributed by atoms with E-state index in [9.17, 15) is 9.59 Å². The highest BCUT2D eigenvalue weighted by atomic mass is 32.2. The largest absolute Gasteiger partial charge is 0.385 e. The number of fused-ring (bicyclic) bond motifs is 1. The van der Waals surface area contributed by atoms with Gasteiger partial charge in [0, 0.05) is 20.3 Å². The Morgan fingerprint density at radius 2 is 2.21 bits per heavy atom. The zero-order valence-corrected chi connectivity index (χ0v) is 16.8. The summed E-state index contributed by atoms with van der Waals surface area (Å²) in [4.78, 5) is 29.7. The minimum atomic E-state index is -0.255. The van der Waals surface area contributed by atoms with Crippen LogP contribution in [0.2, 0.25) is 0 Å². The topological polar surface area (TPSA) is 97.0 Å². The van der Waals surface area contributed by atoms with E-state index in [4.69, 9.17) is 10.00 Å². The first-order valence-electron chi connectivity index (χ1n) is 8.52. The standard InChI is InChI=1S/C19H18N4O3S2/c1-26-9-4-8-23-18(25)14-5-2-3-6-15(14)21-19(23)28-12-16(24)22-17-13(11-20)7-10-27-17/h2-3,5-7,10H,4,8-9,12H2,1H3,(H,22,24). The highest BCUT2D eigenvalue weighted by Crippen LogP contribution is 2.23. The molecular formula is C19H18N4O3S2. The van der Waals surface area contributed by atoms with Crippen molar-refractivity contribution in [1.82, 2.24) is 9.55 Å². The number of benzene rings is 1. The molecule has 1 amide bonds. The Kier molecular flexibility index (Phi) is 6.81. The molecule has 2 heterocycles. The second kappa shape index (κ2) is 9.50. The average molecular weight is 415 g/mol. The Morgan fingerprint density at radius 1 is 1.39 bits per heavy atom. The second-order valence-corrected chi connectivity index (χ2v) is 7.69. The Bertz CT molecular complexity index is 1080. The van der Waals surface area contributed by atoms with E-state index < -0.39 is 0 Å². The van der Waals surface area contributed by atoms with Gasteiger partial charge in [0.15, 0.2) is 5.16 Å². The average Bonchev–Trinajstić information content (AvgIpc) is 3.15. The zero-order chi connectivity index (χ0) is 19.9. The number of anilines is 1. The molecule has 1 aromatic carbocycles. The molecule has 0 unspecified atom stereocenters. The molecule has 144 valence electrons. The summed E-state index contributed by atoms with van der Waals surface area (Å²) in [6, 6.07) is 10.9. The van der Waals surface area contributed by atoms with E-state index in [0.717, 1.165) is 0 Å². The first kappa shape index (κ1) is 20.1. The highest BCUT2D eigenvalue weighted by Gasteiger charge is 2.14. The van der Waals surface area contributed by atoms with Gasteiger partial charge in [-0.15, -0.1) is 11.3 Å².